The molecule has 1 aliphatic rings. The van der Waals surface area contributed by atoms with Gasteiger partial charge < -0.3 is 19.5 Å². The zero-order valence-corrected chi connectivity index (χ0v) is 17.6. The number of benzene rings is 1. The summed E-state index contributed by atoms with van der Waals surface area (Å²) >= 11 is 3.48. The van der Waals surface area contributed by atoms with Crippen LogP contribution in [0.4, 0.5) is 0 Å². The zero-order chi connectivity index (χ0) is 19.2. The summed E-state index contributed by atoms with van der Waals surface area (Å²) in [7, 11) is 1.57. The highest BCUT2D eigenvalue weighted by Gasteiger charge is 2.29. The van der Waals surface area contributed by atoms with Gasteiger partial charge in [0, 0.05) is 30.7 Å². The minimum Gasteiger partial charge on any atom is -0.493 e. The van der Waals surface area contributed by atoms with Crippen molar-refractivity contribution in [3.8, 4) is 11.5 Å². The number of ether oxygens (including phenoxy) is 3. The van der Waals surface area contributed by atoms with Gasteiger partial charge in [0.15, 0.2) is 11.5 Å². The first-order valence-corrected chi connectivity index (χ1v) is 9.79. The van der Waals surface area contributed by atoms with E-state index in [4.69, 9.17) is 14.2 Å². The van der Waals surface area contributed by atoms with Crippen molar-refractivity contribution in [2.24, 2.45) is 0 Å². The molecule has 6 nitrogen and oxygen atoms in total. The van der Waals surface area contributed by atoms with E-state index in [1.165, 1.54) is 0 Å². The van der Waals surface area contributed by atoms with Gasteiger partial charge in [-0.3, -0.25) is 9.69 Å². The third-order valence-electron chi connectivity index (χ3n) is 4.49. The highest BCUT2D eigenvalue weighted by Crippen LogP contribution is 2.36. The van der Waals surface area contributed by atoms with E-state index in [-0.39, 0.29) is 11.4 Å². The molecular formula is C19H29BrN2O4. The number of hydrogen-bond acceptors (Lipinski definition) is 5. The number of morpholine rings is 1. The molecule has 1 amide bonds. The SMILES string of the molecule is CCCOc1c(Br)cc(C(=O)NCC(C)(C)N2CCOCC2)cc1OC. The second kappa shape index (κ2) is 9.58. The fraction of sp³-hybridized carbons (Fsp3) is 0.632. The van der Waals surface area contributed by atoms with Crippen LogP contribution < -0.4 is 14.8 Å². The predicted octanol–water partition coefficient (Wildman–Crippen LogP) is 3.09. The van der Waals surface area contributed by atoms with E-state index in [0.717, 1.165) is 32.7 Å². The van der Waals surface area contributed by atoms with Crippen molar-refractivity contribution < 1.29 is 19.0 Å². The van der Waals surface area contributed by atoms with Crippen LogP contribution >= 0.6 is 15.9 Å². The maximum Gasteiger partial charge on any atom is 0.251 e. The third-order valence-corrected chi connectivity index (χ3v) is 5.08. The second-order valence-corrected chi connectivity index (χ2v) is 7.79. The lowest BCUT2D eigenvalue weighted by molar-refractivity contribution is -0.00923. The summed E-state index contributed by atoms with van der Waals surface area (Å²) in [5, 5.41) is 3.04. The molecule has 0 radical (unpaired) electrons. The molecule has 146 valence electrons. The third kappa shape index (κ3) is 5.34. The van der Waals surface area contributed by atoms with Crippen LogP contribution in [-0.4, -0.2) is 62.9 Å². The highest BCUT2D eigenvalue weighted by molar-refractivity contribution is 9.10. The van der Waals surface area contributed by atoms with Crippen LogP contribution in [0, 0.1) is 0 Å². The van der Waals surface area contributed by atoms with E-state index >= 15 is 0 Å². The van der Waals surface area contributed by atoms with Gasteiger partial charge in [0.2, 0.25) is 0 Å². The van der Waals surface area contributed by atoms with E-state index in [1.54, 1.807) is 19.2 Å². The molecule has 1 fully saturated rings. The molecule has 1 aromatic carbocycles. The van der Waals surface area contributed by atoms with Gasteiger partial charge in [-0.25, -0.2) is 0 Å². The molecule has 0 spiro atoms. The smallest absolute Gasteiger partial charge is 0.251 e. The number of nitrogens with one attached hydrogen (secondary N) is 1. The van der Waals surface area contributed by atoms with Crippen LogP contribution in [0.1, 0.15) is 37.6 Å². The average Bonchev–Trinajstić information content (AvgIpc) is 2.65. The van der Waals surface area contributed by atoms with Gasteiger partial charge in [0.1, 0.15) is 0 Å². The fourth-order valence-electron chi connectivity index (χ4n) is 2.87. The Kier molecular flexibility index (Phi) is 7.73. The zero-order valence-electron chi connectivity index (χ0n) is 16.1. The second-order valence-electron chi connectivity index (χ2n) is 6.93. The first-order valence-electron chi connectivity index (χ1n) is 9.00. The monoisotopic (exact) mass is 428 g/mol. The molecule has 2 rings (SSSR count). The molecule has 0 atom stereocenters. The average molecular weight is 429 g/mol. The highest BCUT2D eigenvalue weighted by atomic mass is 79.9. The van der Waals surface area contributed by atoms with E-state index in [0.29, 0.717) is 34.7 Å². The van der Waals surface area contributed by atoms with Gasteiger partial charge in [0.05, 0.1) is 31.4 Å². The summed E-state index contributed by atoms with van der Waals surface area (Å²) in [6.45, 7) is 10.7. The molecule has 0 saturated carbocycles. The van der Waals surface area contributed by atoms with Crippen molar-refractivity contribution in [3.05, 3.63) is 22.2 Å². The van der Waals surface area contributed by atoms with E-state index in [1.807, 2.05) is 6.92 Å². The number of nitrogens with zero attached hydrogens (tertiary/aromatic N) is 1. The topological polar surface area (TPSA) is 60.0 Å². The summed E-state index contributed by atoms with van der Waals surface area (Å²) < 4.78 is 17.2. The largest absolute Gasteiger partial charge is 0.493 e. The van der Waals surface area contributed by atoms with Gasteiger partial charge >= 0.3 is 0 Å². The Hall–Kier alpha value is -1.31. The lowest BCUT2D eigenvalue weighted by Gasteiger charge is -2.40. The van der Waals surface area contributed by atoms with Crippen molar-refractivity contribution in [3.63, 3.8) is 0 Å². The van der Waals surface area contributed by atoms with Gasteiger partial charge in [-0.1, -0.05) is 6.92 Å². The Morgan fingerprint density at radius 1 is 1.35 bits per heavy atom. The Labute approximate surface area is 164 Å². The molecule has 0 bridgehead atoms. The molecular weight excluding hydrogens is 400 g/mol. The molecule has 0 aliphatic carbocycles. The van der Waals surface area contributed by atoms with E-state index < -0.39 is 0 Å². The van der Waals surface area contributed by atoms with Gasteiger partial charge in [-0.15, -0.1) is 0 Å². The predicted molar refractivity (Wildman–Crippen MR) is 105 cm³/mol. The normalized spacial score (nSPS) is 15.6. The lowest BCUT2D eigenvalue weighted by atomic mass is 10.0. The summed E-state index contributed by atoms with van der Waals surface area (Å²) in [6.07, 6.45) is 0.897. The van der Waals surface area contributed by atoms with Crippen molar-refractivity contribution in [2.75, 3.05) is 46.6 Å². The number of rotatable bonds is 8. The Balaban J connectivity index is 2.05. The Bertz CT molecular complexity index is 616. The summed E-state index contributed by atoms with van der Waals surface area (Å²) in [4.78, 5) is 15.0. The van der Waals surface area contributed by atoms with Crippen LogP contribution in [0.5, 0.6) is 11.5 Å². The van der Waals surface area contributed by atoms with Crippen LogP contribution in [-0.2, 0) is 4.74 Å². The lowest BCUT2D eigenvalue weighted by Crippen LogP contribution is -2.55. The summed E-state index contributed by atoms with van der Waals surface area (Å²) in [5.74, 6) is 1.04. The molecule has 1 N–H and O–H groups in total. The molecule has 1 aromatic rings. The summed E-state index contributed by atoms with van der Waals surface area (Å²) in [5.41, 5.74) is 0.403. The Morgan fingerprint density at radius 2 is 2.04 bits per heavy atom. The first-order chi connectivity index (χ1) is 12.4. The minimum atomic E-state index is -0.134. The van der Waals surface area contributed by atoms with E-state index in [9.17, 15) is 4.79 Å². The van der Waals surface area contributed by atoms with Crippen LogP contribution in [0.25, 0.3) is 0 Å². The van der Waals surface area contributed by atoms with Crippen molar-refractivity contribution in [1.82, 2.24) is 10.2 Å². The van der Waals surface area contributed by atoms with Gasteiger partial charge in [-0.2, -0.15) is 0 Å². The molecule has 26 heavy (non-hydrogen) atoms. The molecule has 0 aromatic heterocycles. The van der Waals surface area contributed by atoms with Gasteiger partial charge in [0.25, 0.3) is 5.91 Å². The maximum atomic E-state index is 12.6. The maximum absolute atomic E-state index is 12.6. The quantitative estimate of drug-likeness (QED) is 0.689. The minimum absolute atomic E-state index is 0.132. The number of methoxy groups -OCH3 is 1. The molecule has 1 aliphatic heterocycles. The number of carbonyl (C=O) groups is 1. The van der Waals surface area contributed by atoms with Gasteiger partial charge in [-0.05, 0) is 48.3 Å². The number of amides is 1. The van der Waals surface area contributed by atoms with Crippen LogP contribution in [0.2, 0.25) is 0 Å². The van der Waals surface area contributed by atoms with Crippen LogP contribution in [0.3, 0.4) is 0 Å². The van der Waals surface area contributed by atoms with E-state index in [2.05, 4.69) is 40.0 Å². The molecule has 1 heterocycles. The standard InChI is InChI=1S/C19H29BrN2O4/c1-5-8-26-17-15(20)11-14(12-16(17)24-4)18(23)21-13-19(2,3)22-6-9-25-10-7-22/h11-12H,5-10,13H2,1-4H3,(H,21,23). The molecule has 7 heteroatoms. The number of halogens is 1. The van der Waals surface area contributed by atoms with Crippen molar-refractivity contribution >= 4 is 21.8 Å². The molecule has 1 saturated heterocycles. The fourth-order valence-corrected chi connectivity index (χ4v) is 3.43. The molecule has 0 unspecified atom stereocenters. The number of carbonyl (C=O) groups excluding carboxylic acids is 1. The summed E-state index contributed by atoms with van der Waals surface area (Å²) in [6, 6.07) is 3.48. The van der Waals surface area contributed by atoms with Crippen molar-refractivity contribution in [2.45, 2.75) is 32.7 Å². The van der Waals surface area contributed by atoms with Crippen molar-refractivity contribution in [1.29, 1.82) is 0 Å². The number of hydrogen-bond donors (Lipinski definition) is 1. The van der Waals surface area contributed by atoms with Crippen LogP contribution in [0.15, 0.2) is 16.6 Å². The Morgan fingerprint density at radius 3 is 2.65 bits per heavy atom. The first kappa shape index (κ1) is 21.0.